The maximum atomic E-state index is 12.4. The summed E-state index contributed by atoms with van der Waals surface area (Å²) in [6.45, 7) is 4.93. The third-order valence-corrected chi connectivity index (χ3v) is 4.93. The van der Waals surface area contributed by atoms with Gasteiger partial charge in [-0.2, -0.15) is 5.10 Å². The summed E-state index contributed by atoms with van der Waals surface area (Å²) in [6.07, 6.45) is 1.91. The van der Waals surface area contributed by atoms with Crippen molar-refractivity contribution in [3.05, 3.63) is 11.8 Å². The van der Waals surface area contributed by atoms with Gasteiger partial charge in [-0.1, -0.05) is 13.8 Å². The molecule has 3 N–H and O–H groups in total. The molecule has 0 spiro atoms. The molecular weight excluding hydrogens is 298 g/mol. The quantitative estimate of drug-likeness (QED) is 0.597. The fourth-order valence-electron chi connectivity index (χ4n) is 1.82. The first-order chi connectivity index (χ1) is 9.85. The smallest absolute Gasteiger partial charge is 0.342 e. The highest BCUT2D eigenvalue weighted by Crippen LogP contribution is 2.20. The number of aliphatic hydroxyl groups is 1. The van der Waals surface area contributed by atoms with Gasteiger partial charge in [0, 0.05) is 0 Å². The highest BCUT2D eigenvalue weighted by Gasteiger charge is 2.34. The van der Waals surface area contributed by atoms with Crippen LogP contribution in [0.5, 0.6) is 0 Å². The number of esters is 1. The zero-order valence-corrected chi connectivity index (χ0v) is 13.2. The lowest BCUT2D eigenvalue weighted by Crippen LogP contribution is -2.50. The Morgan fingerprint density at radius 1 is 1.43 bits per heavy atom. The monoisotopic (exact) mass is 319 g/mol. The van der Waals surface area contributed by atoms with Crippen molar-refractivity contribution in [1.29, 1.82) is 0 Å². The van der Waals surface area contributed by atoms with E-state index in [-0.39, 0.29) is 23.8 Å². The van der Waals surface area contributed by atoms with Crippen LogP contribution in [0.2, 0.25) is 0 Å². The molecule has 0 aromatic carbocycles. The number of nitrogens with one attached hydrogen (secondary N) is 2. The van der Waals surface area contributed by atoms with Gasteiger partial charge in [-0.05, 0) is 19.8 Å². The van der Waals surface area contributed by atoms with Crippen molar-refractivity contribution < 1.29 is 23.1 Å². The van der Waals surface area contributed by atoms with E-state index in [4.69, 9.17) is 4.74 Å². The fourth-order valence-corrected chi connectivity index (χ4v) is 3.44. The van der Waals surface area contributed by atoms with Crippen LogP contribution in [0.25, 0.3) is 0 Å². The van der Waals surface area contributed by atoms with E-state index in [2.05, 4.69) is 14.9 Å². The zero-order chi connectivity index (χ0) is 16.1. The van der Waals surface area contributed by atoms with Gasteiger partial charge >= 0.3 is 5.97 Å². The molecule has 0 radical (unpaired) electrons. The minimum absolute atomic E-state index is 0.126. The van der Waals surface area contributed by atoms with Crippen molar-refractivity contribution in [3.63, 3.8) is 0 Å². The predicted octanol–water partition coefficient (Wildman–Crippen LogP) is 0.416. The van der Waals surface area contributed by atoms with Crippen LogP contribution in [0.4, 0.5) is 0 Å². The zero-order valence-electron chi connectivity index (χ0n) is 12.3. The van der Waals surface area contributed by atoms with E-state index in [9.17, 15) is 18.3 Å². The van der Waals surface area contributed by atoms with Gasteiger partial charge in [0.25, 0.3) is 10.0 Å². The van der Waals surface area contributed by atoms with Crippen molar-refractivity contribution in [2.75, 3.05) is 13.2 Å². The molecule has 0 amide bonds. The van der Waals surface area contributed by atoms with Crippen LogP contribution in [-0.4, -0.2) is 48.4 Å². The Bertz CT molecular complexity index is 569. The average Bonchev–Trinajstić information content (AvgIpc) is 2.95. The summed E-state index contributed by atoms with van der Waals surface area (Å²) in [6, 6.07) is 0. The fraction of sp³-hybridized carbons (Fsp3) is 0.667. The number of sulfonamides is 1. The molecular formula is C12H21N3O5S. The minimum Gasteiger partial charge on any atom is -0.462 e. The Labute approximate surface area is 123 Å². The van der Waals surface area contributed by atoms with Crippen LogP contribution in [0.3, 0.4) is 0 Å². The van der Waals surface area contributed by atoms with Gasteiger partial charge in [0.15, 0.2) is 5.03 Å². The van der Waals surface area contributed by atoms with Crippen LogP contribution in [-0.2, 0) is 14.8 Å². The van der Waals surface area contributed by atoms with Crippen LogP contribution in [0.15, 0.2) is 11.2 Å². The predicted molar refractivity (Wildman–Crippen MR) is 75.3 cm³/mol. The molecule has 9 heteroatoms. The molecule has 0 aliphatic heterocycles. The summed E-state index contributed by atoms with van der Waals surface area (Å²) >= 11 is 0. The Morgan fingerprint density at radius 2 is 2.05 bits per heavy atom. The standard InChI is InChI=1S/C12H21N3O5S/c1-4-12(5-2,8-16)15-21(18,19)10-9(7-13-14-10)11(17)20-6-3/h7,15-16H,4-6,8H2,1-3H3,(H,13,14). The normalized spacial score (nSPS) is 12.4. The lowest BCUT2D eigenvalue weighted by Gasteiger charge is -2.29. The van der Waals surface area contributed by atoms with Crippen molar-refractivity contribution >= 4 is 16.0 Å². The number of H-pyrrole nitrogens is 1. The Morgan fingerprint density at radius 3 is 2.52 bits per heavy atom. The number of carbonyl (C=O) groups is 1. The number of aromatic nitrogens is 2. The number of hydrogen-bond donors (Lipinski definition) is 3. The molecule has 0 atom stereocenters. The number of ether oxygens (including phenoxy) is 1. The lowest BCUT2D eigenvalue weighted by atomic mass is 9.96. The summed E-state index contributed by atoms with van der Waals surface area (Å²) in [5.41, 5.74) is -1.14. The first-order valence-electron chi connectivity index (χ1n) is 6.71. The highest BCUT2D eigenvalue weighted by molar-refractivity contribution is 7.89. The molecule has 1 aromatic heterocycles. The lowest BCUT2D eigenvalue weighted by molar-refractivity contribution is 0.0521. The first-order valence-corrected chi connectivity index (χ1v) is 8.19. The number of aromatic amines is 1. The summed E-state index contributed by atoms with van der Waals surface area (Å²) in [5.74, 6) is -0.769. The molecule has 21 heavy (non-hydrogen) atoms. The molecule has 0 unspecified atom stereocenters. The van der Waals surface area contributed by atoms with Crippen molar-refractivity contribution in [2.24, 2.45) is 0 Å². The molecule has 1 aromatic rings. The third-order valence-electron chi connectivity index (χ3n) is 3.38. The molecule has 0 saturated heterocycles. The van der Waals surface area contributed by atoms with Crippen LogP contribution in [0.1, 0.15) is 44.0 Å². The van der Waals surface area contributed by atoms with E-state index in [1.165, 1.54) is 0 Å². The number of aliphatic hydroxyl groups excluding tert-OH is 1. The maximum absolute atomic E-state index is 12.4. The van der Waals surface area contributed by atoms with Gasteiger partial charge in [0.2, 0.25) is 0 Å². The molecule has 0 aliphatic rings. The number of carbonyl (C=O) groups excluding carboxylic acids is 1. The molecule has 1 heterocycles. The Kier molecular flexibility index (Phi) is 5.87. The maximum Gasteiger partial charge on any atom is 0.342 e. The molecule has 0 bridgehead atoms. The van der Waals surface area contributed by atoms with E-state index >= 15 is 0 Å². The molecule has 8 nitrogen and oxygen atoms in total. The van der Waals surface area contributed by atoms with E-state index in [1.807, 2.05) is 0 Å². The second kappa shape index (κ2) is 7.01. The number of nitrogens with zero attached hydrogens (tertiary/aromatic N) is 1. The topological polar surface area (TPSA) is 121 Å². The van der Waals surface area contributed by atoms with Gasteiger partial charge < -0.3 is 9.84 Å². The van der Waals surface area contributed by atoms with Crippen LogP contribution >= 0.6 is 0 Å². The second-order valence-corrected chi connectivity index (χ2v) is 6.20. The first kappa shape index (κ1) is 17.6. The molecule has 1 rings (SSSR count). The van der Waals surface area contributed by atoms with Gasteiger partial charge in [-0.25, -0.2) is 17.9 Å². The van der Waals surface area contributed by atoms with E-state index in [0.717, 1.165) is 6.20 Å². The number of hydrogen-bond acceptors (Lipinski definition) is 6. The van der Waals surface area contributed by atoms with Gasteiger partial charge in [0.05, 0.1) is 24.9 Å². The SMILES string of the molecule is CCOC(=O)c1cn[nH]c1S(=O)(=O)NC(CC)(CC)CO. The number of rotatable bonds is 8. The van der Waals surface area contributed by atoms with E-state index in [0.29, 0.717) is 12.8 Å². The Hall–Kier alpha value is -1.45. The van der Waals surface area contributed by atoms with E-state index < -0.39 is 21.5 Å². The highest BCUT2D eigenvalue weighted by atomic mass is 32.2. The van der Waals surface area contributed by atoms with Crippen LogP contribution in [0, 0.1) is 0 Å². The minimum atomic E-state index is -4.03. The molecule has 120 valence electrons. The second-order valence-electron chi connectivity index (χ2n) is 4.58. The largest absolute Gasteiger partial charge is 0.462 e. The average molecular weight is 319 g/mol. The summed E-state index contributed by atoms with van der Waals surface area (Å²) in [5, 5.41) is 15.0. The molecule has 0 fully saturated rings. The summed E-state index contributed by atoms with van der Waals surface area (Å²) in [7, 11) is -4.03. The summed E-state index contributed by atoms with van der Waals surface area (Å²) < 4.78 is 32.1. The van der Waals surface area contributed by atoms with E-state index in [1.54, 1.807) is 20.8 Å². The Balaban J connectivity index is 3.15. The van der Waals surface area contributed by atoms with Crippen molar-refractivity contribution in [1.82, 2.24) is 14.9 Å². The van der Waals surface area contributed by atoms with Gasteiger partial charge in [0.1, 0.15) is 5.56 Å². The molecule has 0 aliphatic carbocycles. The molecule has 0 saturated carbocycles. The van der Waals surface area contributed by atoms with Crippen LogP contribution < -0.4 is 4.72 Å². The van der Waals surface area contributed by atoms with Crippen molar-refractivity contribution in [3.8, 4) is 0 Å². The van der Waals surface area contributed by atoms with Gasteiger partial charge in [-0.3, -0.25) is 5.10 Å². The van der Waals surface area contributed by atoms with Crippen molar-refractivity contribution in [2.45, 2.75) is 44.2 Å². The third kappa shape index (κ3) is 3.80. The van der Waals surface area contributed by atoms with Gasteiger partial charge in [-0.15, -0.1) is 0 Å². The summed E-state index contributed by atoms with van der Waals surface area (Å²) in [4.78, 5) is 11.7.